The number of benzene rings is 1. The van der Waals surface area contributed by atoms with E-state index in [1.807, 2.05) is 0 Å². The van der Waals surface area contributed by atoms with Crippen LogP contribution in [0.5, 0.6) is 11.5 Å². The van der Waals surface area contributed by atoms with Crippen molar-refractivity contribution < 1.29 is 18.3 Å². The van der Waals surface area contributed by atoms with Crippen molar-refractivity contribution in [3.63, 3.8) is 0 Å². The number of hydrogen-bond donors (Lipinski definition) is 0. The molecule has 0 saturated carbocycles. The fourth-order valence-corrected chi connectivity index (χ4v) is 1.13. The van der Waals surface area contributed by atoms with Crippen LogP contribution >= 0.6 is 11.6 Å². The lowest BCUT2D eigenvalue weighted by Crippen LogP contribution is -2.03. The van der Waals surface area contributed by atoms with Gasteiger partial charge < -0.3 is 9.47 Å². The third-order valence-electron chi connectivity index (χ3n) is 1.69. The normalized spacial score (nSPS) is 9.56. The number of methoxy groups -OCH3 is 1. The Morgan fingerprint density at radius 1 is 1.44 bits per heavy atom. The second-order valence-corrected chi connectivity index (χ2v) is 2.94. The molecule has 1 aromatic rings. The van der Waals surface area contributed by atoms with Crippen LogP contribution in [0.15, 0.2) is 18.2 Å². The lowest BCUT2D eigenvalue weighted by Gasteiger charge is -2.08. The van der Waals surface area contributed by atoms with E-state index in [4.69, 9.17) is 16.3 Å². The first kappa shape index (κ1) is 12.6. The van der Waals surface area contributed by atoms with Crippen LogP contribution in [-0.2, 0) is 0 Å². The first-order valence-electron chi connectivity index (χ1n) is 4.35. The monoisotopic (exact) mass is 246 g/mol. The Hall–Kier alpha value is -1.47. The third kappa shape index (κ3) is 3.59. The van der Waals surface area contributed by atoms with Crippen molar-refractivity contribution in [1.82, 2.24) is 0 Å². The number of rotatable bonds is 3. The zero-order valence-electron chi connectivity index (χ0n) is 8.47. The largest absolute Gasteiger partial charge is 0.497 e. The fraction of sp³-hybridized carbons (Fsp3) is 0.273. The number of ether oxygens (including phenoxy) is 2. The highest BCUT2D eigenvalue weighted by Crippen LogP contribution is 2.24. The summed E-state index contributed by atoms with van der Waals surface area (Å²) in [5.41, 5.74) is 0.320. The maximum Gasteiger partial charge on any atom is 0.387 e. The minimum Gasteiger partial charge on any atom is -0.497 e. The summed E-state index contributed by atoms with van der Waals surface area (Å²) in [7, 11) is 1.47. The van der Waals surface area contributed by atoms with Crippen molar-refractivity contribution in [3.05, 3.63) is 23.8 Å². The van der Waals surface area contributed by atoms with Crippen LogP contribution in [0.3, 0.4) is 0 Å². The van der Waals surface area contributed by atoms with E-state index in [1.165, 1.54) is 25.3 Å². The van der Waals surface area contributed by atoms with Gasteiger partial charge in [0, 0.05) is 0 Å². The molecular formula is C11H9ClF2O2. The van der Waals surface area contributed by atoms with E-state index in [0.29, 0.717) is 11.3 Å². The van der Waals surface area contributed by atoms with Gasteiger partial charge in [0.2, 0.25) is 0 Å². The highest BCUT2D eigenvalue weighted by Gasteiger charge is 2.09. The van der Waals surface area contributed by atoms with Gasteiger partial charge in [-0.3, -0.25) is 0 Å². The van der Waals surface area contributed by atoms with Crippen LogP contribution in [0.2, 0.25) is 0 Å². The van der Waals surface area contributed by atoms with Crippen molar-refractivity contribution in [2.24, 2.45) is 0 Å². The maximum atomic E-state index is 12.1. The molecule has 0 fully saturated rings. The molecule has 0 N–H and O–H groups in total. The molecule has 0 aliphatic rings. The average molecular weight is 247 g/mol. The van der Waals surface area contributed by atoms with Crippen LogP contribution in [0.4, 0.5) is 8.78 Å². The Labute approximate surface area is 97.1 Å². The van der Waals surface area contributed by atoms with E-state index in [-0.39, 0.29) is 11.6 Å². The van der Waals surface area contributed by atoms with E-state index in [9.17, 15) is 8.78 Å². The molecule has 2 nitrogen and oxygen atoms in total. The molecule has 0 unspecified atom stereocenters. The quantitative estimate of drug-likeness (QED) is 0.603. The fourth-order valence-electron chi connectivity index (χ4n) is 1.06. The lowest BCUT2D eigenvalue weighted by atomic mass is 10.2. The standard InChI is InChI=1S/C11H9ClF2O2/c1-15-9-4-5-10(16-11(13)14)8(7-9)3-2-6-12/h4-5,7,11H,6H2,1H3. The molecule has 0 radical (unpaired) electrons. The third-order valence-corrected chi connectivity index (χ3v) is 1.83. The van der Waals surface area contributed by atoms with Gasteiger partial charge in [0.25, 0.3) is 0 Å². The van der Waals surface area contributed by atoms with Gasteiger partial charge in [0.05, 0.1) is 18.6 Å². The van der Waals surface area contributed by atoms with Gasteiger partial charge in [0.1, 0.15) is 11.5 Å². The molecule has 1 rings (SSSR count). The molecule has 0 heterocycles. The van der Waals surface area contributed by atoms with Crippen LogP contribution in [0.25, 0.3) is 0 Å². The molecule has 0 bridgehead atoms. The zero-order chi connectivity index (χ0) is 12.0. The topological polar surface area (TPSA) is 18.5 Å². The van der Waals surface area contributed by atoms with Crippen LogP contribution < -0.4 is 9.47 Å². The SMILES string of the molecule is COc1ccc(OC(F)F)c(C#CCCl)c1. The molecule has 0 saturated heterocycles. The Bertz CT molecular complexity index is 410. The molecule has 16 heavy (non-hydrogen) atoms. The van der Waals surface area contributed by atoms with E-state index >= 15 is 0 Å². The molecule has 0 aromatic heterocycles. The minimum absolute atomic E-state index is 0.00779. The molecule has 0 aliphatic heterocycles. The smallest absolute Gasteiger partial charge is 0.387 e. The summed E-state index contributed by atoms with van der Waals surface area (Å²) in [5, 5.41) is 0. The van der Waals surface area contributed by atoms with Crippen LogP contribution in [0.1, 0.15) is 5.56 Å². The number of halogens is 3. The average Bonchev–Trinajstić information content (AvgIpc) is 2.27. The summed E-state index contributed by atoms with van der Waals surface area (Å²) in [6, 6.07) is 4.41. The molecule has 0 aliphatic carbocycles. The van der Waals surface area contributed by atoms with E-state index < -0.39 is 6.61 Å². The highest BCUT2D eigenvalue weighted by atomic mass is 35.5. The van der Waals surface area contributed by atoms with Gasteiger partial charge in [-0.1, -0.05) is 11.8 Å². The zero-order valence-corrected chi connectivity index (χ0v) is 9.22. The van der Waals surface area contributed by atoms with Crippen LogP contribution in [-0.4, -0.2) is 19.6 Å². The van der Waals surface area contributed by atoms with Gasteiger partial charge in [-0.05, 0) is 18.2 Å². The Kier molecular flexibility index (Phi) is 4.87. The van der Waals surface area contributed by atoms with Crippen LogP contribution in [0, 0.1) is 11.8 Å². The summed E-state index contributed by atoms with van der Waals surface area (Å²) in [6.07, 6.45) is 0. The van der Waals surface area contributed by atoms with Gasteiger partial charge in [-0.25, -0.2) is 0 Å². The Morgan fingerprint density at radius 3 is 2.75 bits per heavy atom. The van der Waals surface area contributed by atoms with Gasteiger partial charge in [-0.15, -0.1) is 11.6 Å². The molecule has 0 atom stereocenters. The van der Waals surface area contributed by atoms with Crippen molar-refractivity contribution in [2.45, 2.75) is 6.61 Å². The van der Waals surface area contributed by atoms with Gasteiger partial charge >= 0.3 is 6.61 Å². The summed E-state index contributed by atoms with van der Waals surface area (Å²) in [5.74, 6) is 5.83. The number of hydrogen-bond acceptors (Lipinski definition) is 2. The van der Waals surface area contributed by atoms with Crippen molar-refractivity contribution in [2.75, 3.05) is 13.0 Å². The molecule has 5 heteroatoms. The van der Waals surface area contributed by atoms with E-state index in [2.05, 4.69) is 16.6 Å². The van der Waals surface area contributed by atoms with Gasteiger partial charge in [-0.2, -0.15) is 8.78 Å². The molecular weight excluding hydrogens is 238 g/mol. The Balaban J connectivity index is 3.05. The lowest BCUT2D eigenvalue weighted by molar-refractivity contribution is -0.0500. The van der Waals surface area contributed by atoms with Crippen molar-refractivity contribution >= 4 is 11.6 Å². The summed E-state index contributed by atoms with van der Waals surface area (Å²) >= 11 is 5.39. The van der Waals surface area contributed by atoms with Crippen molar-refractivity contribution in [3.8, 4) is 23.3 Å². The van der Waals surface area contributed by atoms with E-state index in [1.54, 1.807) is 0 Å². The first-order valence-corrected chi connectivity index (χ1v) is 4.88. The minimum atomic E-state index is -2.88. The second-order valence-electron chi connectivity index (χ2n) is 2.68. The molecule has 86 valence electrons. The predicted molar refractivity (Wildman–Crippen MR) is 57.2 cm³/mol. The van der Waals surface area contributed by atoms with Crippen molar-refractivity contribution in [1.29, 1.82) is 0 Å². The van der Waals surface area contributed by atoms with Gasteiger partial charge in [0.15, 0.2) is 0 Å². The summed E-state index contributed by atoms with van der Waals surface area (Å²) < 4.78 is 33.4. The summed E-state index contributed by atoms with van der Waals surface area (Å²) in [6.45, 7) is -2.88. The van der Waals surface area contributed by atoms with E-state index in [0.717, 1.165) is 0 Å². The molecule has 0 amide bonds. The highest BCUT2D eigenvalue weighted by molar-refractivity contribution is 6.19. The maximum absolute atomic E-state index is 12.1. The number of alkyl halides is 3. The Morgan fingerprint density at radius 2 is 2.19 bits per heavy atom. The molecule has 0 spiro atoms. The first-order chi connectivity index (χ1) is 7.67. The molecule has 1 aromatic carbocycles. The predicted octanol–water partition coefficient (Wildman–Crippen LogP) is 2.89. The summed E-state index contributed by atoms with van der Waals surface area (Å²) in [4.78, 5) is 0. The second kappa shape index (κ2) is 6.19.